The van der Waals surface area contributed by atoms with Crippen molar-refractivity contribution in [2.24, 2.45) is 11.3 Å². The molecule has 0 spiro atoms. The van der Waals surface area contributed by atoms with Crippen LogP contribution in [0, 0.1) is 11.3 Å². The van der Waals surface area contributed by atoms with E-state index in [9.17, 15) is 0 Å². The van der Waals surface area contributed by atoms with Crippen LogP contribution in [0.2, 0.25) is 0 Å². The van der Waals surface area contributed by atoms with Gasteiger partial charge in [0, 0.05) is 6.61 Å². The summed E-state index contributed by atoms with van der Waals surface area (Å²) >= 11 is 1.85. The summed E-state index contributed by atoms with van der Waals surface area (Å²) in [5.41, 5.74) is 0.254. The fourth-order valence-electron chi connectivity index (χ4n) is 1.06. The van der Waals surface area contributed by atoms with Crippen LogP contribution >= 0.6 is 11.8 Å². The van der Waals surface area contributed by atoms with Crippen LogP contribution in [0.1, 0.15) is 27.2 Å². The molecule has 0 heterocycles. The van der Waals surface area contributed by atoms with Gasteiger partial charge in [0.05, 0.1) is 0 Å². The van der Waals surface area contributed by atoms with Crippen LogP contribution in [0.25, 0.3) is 0 Å². The zero-order chi connectivity index (χ0) is 8.91. The first kappa shape index (κ1) is 11.3. The first-order valence-corrected chi connectivity index (χ1v) is 5.51. The fraction of sp³-hybridized carbons (Fsp3) is 1.00. The van der Waals surface area contributed by atoms with Crippen molar-refractivity contribution in [1.82, 2.24) is 0 Å². The SMILES string of the molecule is CSCCC(CO)C(C)(C)C. The predicted octanol–water partition coefficient (Wildman–Crippen LogP) is 2.39. The van der Waals surface area contributed by atoms with Crippen molar-refractivity contribution in [3.8, 4) is 0 Å². The van der Waals surface area contributed by atoms with Gasteiger partial charge in [-0.1, -0.05) is 20.8 Å². The van der Waals surface area contributed by atoms with Crippen molar-refractivity contribution in [1.29, 1.82) is 0 Å². The second-order valence-corrected chi connectivity index (χ2v) is 5.01. The Morgan fingerprint density at radius 1 is 1.36 bits per heavy atom. The summed E-state index contributed by atoms with van der Waals surface area (Å²) in [4.78, 5) is 0. The molecule has 0 aliphatic carbocycles. The Morgan fingerprint density at radius 2 is 1.91 bits per heavy atom. The Labute approximate surface area is 74.6 Å². The van der Waals surface area contributed by atoms with Gasteiger partial charge in [0.15, 0.2) is 0 Å². The lowest BCUT2D eigenvalue weighted by Gasteiger charge is -2.28. The van der Waals surface area contributed by atoms with Crippen molar-refractivity contribution >= 4 is 11.8 Å². The molecule has 1 unspecified atom stereocenters. The molecule has 0 aliphatic rings. The highest BCUT2D eigenvalue weighted by molar-refractivity contribution is 7.98. The number of thioether (sulfide) groups is 1. The van der Waals surface area contributed by atoms with Gasteiger partial charge in [0.1, 0.15) is 0 Å². The highest BCUT2D eigenvalue weighted by Gasteiger charge is 2.22. The molecule has 0 saturated heterocycles. The first-order valence-electron chi connectivity index (χ1n) is 4.12. The number of rotatable bonds is 4. The fourth-order valence-corrected chi connectivity index (χ4v) is 1.58. The van der Waals surface area contributed by atoms with Gasteiger partial charge in [-0.2, -0.15) is 11.8 Å². The number of hydrogen-bond acceptors (Lipinski definition) is 2. The topological polar surface area (TPSA) is 20.2 Å². The van der Waals surface area contributed by atoms with E-state index in [1.54, 1.807) is 0 Å². The maximum absolute atomic E-state index is 9.08. The van der Waals surface area contributed by atoms with E-state index in [1.807, 2.05) is 11.8 Å². The molecule has 0 aromatic heterocycles. The predicted molar refractivity (Wildman–Crippen MR) is 53.0 cm³/mol. The van der Waals surface area contributed by atoms with Crippen molar-refractivity contribution in [2.75, 3.05) is 18.6 Å². The van der Waals surface area contributed by atoms with E-state index in [-0.39, 0.29) is 5.41 Å². The lowest BCUT2D eigenvalue weighted by atomic mass is 9.80. The molecule has 1 atom stereocenters. The maximum atomic E-state index is 9.08. The lowest BCUT2D eigenvalue weighted by molar-refractivity contribution is 0.128. The molecule has 11 heavy (non-hydrogen) atoms. The first-order chi connectivity index (χ1) is 5.02. The average Bonchev–Trinajstić information content (AvgIpc) is 1.87. The highest BCUT2D eigenvalue weighted by Crippen LogP contribution is 2.28. The van der Waals surface area contributed by atoms with Gasteiger partial charge in [-0.15, -0.1) is 0 Å². The molecule has 1 nitrogen and oxygen atoms in total. The smallest absolute Gasteiger partial charge is 0.0464 e. The summed E-state index contributed by atoms with van der Waals surface area (Å²) in [6.45, 7) is 6.89. The minimum atomic E-state index is 0.254. The third-order valence-electron chi connectivity index (χ3n) is 2.12. The lowest BCUT2D eigenvalue weighted by Crippen LogP contribution is -2.24. The van der Waals surface area contributed by atoms with Crippen LogP contribution in [0.15, 0.2) is 0 Å². The molecule has 0 bridgehead atoms. The van der Waals surface area contributed by atoms with Crippen molar-refractivity contribution in [3.63, 3.8) is 0 Å². The third kappa shape index (κ3) is 4.70. The molecule has 1 N–H and O–H groups in total. The Bertz CT molecular complexity index is 96.2. The van der Waals surface area contributed by atoms with Gasteiger partial charge in [-0.25, -0.2) is 0 Å². The quantitative estimate of drug-likeness (QED) is 0.710. The van der Waals surface area contributed by atoms with Gasteiger partial charge in [0.25, 0.3) is 0 Å². The Hall–Kier alpha value is 0.310. The monoisotopic (exact) mass is 176 g/mol. The zero-order valence-corrected chi connectivity index (χ0v) is 8.87. The van der Waals surface area contributed by atoms with E-state index < -0.39 is 0 Å². The number of hydrogen-bond donors (Lipinski definition) is 1. The Balaban J connectivity index is 3.76. The molecule has 0 aromatic carbocycles. The molecule has 0 rings (SSSR count). The van der Waals surface area contributed by atoms with Crippen molar-refractivity contribution in [2.45, 2.75) is 27.2 Å². The molecule has 0 saturated carbocycles. The van der Waals surface area contributed by atoms with Crippen LogP contribution in [0.5, 0.6) is 0 Å². The van der Waals surface area contributed by atoms with E-state index >= 15 is 0 Å². The molecule has 0 aliphatic heterocycles. The minimum absolute atomic E-state index is 0.254. The van der Waals surface area contributed by atoms with Crippen molar-refractivity contribution in [3.05, 3.63) is 0 Å². The second-order valence-electron chi connectivity index (χ2n) is 4.03. The van der Waals surface area contributed by atoms with Gasteiger partial charge in [0.2, 0.25) is 0 Å². The molecule has 0 fully saturated rings. The zero-order valence-electron chi connectivity index (χ0n) is 8.05. The highest BCUT2D eigenvalue weighted by atomic mass is 32.2. The normalized spacial score (nSPS) is 15.0. The molecular weight excluding hydrogens is 156 g/mol. The molecular formula is C9H20OS. The maximum Gasteiger partial charge on any atom is 0.0464 e. The van der Waals surface area contributed by atoms with E-state index in [1.165, 1.54) is 0 Å². The van der Waals surface area contributed by atoms with E-state index in [0.717, 1.165) is 12.2 Å². The van der Waals surface area contributed by atoms with Gasteiger partial charge in [-0.05, 0) is 29.8 Å². The summed E-state index contributed by atoms with van der Waals surface area (Å²) < 4.78 is 0. The van der Waals surface area contributed by atoms with Gasteiger partial charge >= 0.3 is 0 Å². The van der Waals surface area contributed by atoms with Crippen LogP contribution in [-0.2, 0) is 0 Å². The second kappa shape index (κ2) is 5.04. The summed E-state index contributed by atoms with van der Waals surface area (Å²) in [6.07, 6.45) is 3.23. The van der Waals surface area contributed by atoms with E-state index in [2.05, 4.69) is 27.0 Å². The van der Waals surface area contributed by atoms with Gasteiger partial charge in [-0.3, -0.25) is 0 Å². The number of aliphatic hydroxyl groups is 1. The summed E-state index contributed by atoms with van der Waals surface area (Å²) in [5.74, 6) is 1.61. The molecule has 0 amide bonds. The number of aliphatic hydroxyl groups excluding tert-OH is 1. The minimum Gasteiger partial charge on any atom is -0.396 e. The molecule has 0 aromatic rings. The van der Waals surface area contributed by atoms with Crippen LogP contribution in [-0.4, -0.2) is 23.7 Å². The van der Waals surface area contributed by atoms with Gasteiger partial charge < -0.3 is 5.11 Å². The summed E-state index contributed by atoms with van der Waals surface area (Å²) in [6, 6.07) is 0. The summed E-state index contributed by atoms with van der Waals surface area (Å²) in [5, 5.41) is 9.08. The Morgan fingerprint density at radius 3 is 2.18 bits per heavy atom. The van der Waals surface area contributed by atoms with E-state index in [0.29, 0.717) is 12.5 Å². The summed E-state index contributed by atoms with van der Waals surface area (Å²) in [7, 11) is 0. The standard InChI is InChI=1S/C9H20OS/c1-9(2,3)8(7-10)5-6-11-4/h8,10H,5-7H2,1-4H3. The van der Waals surface area contributed by atoms with Crippen molar-refractivity contribution < 1.29 is 5.11 Å². The molecule has 68 valence electrons. The molecule has 0 radical (unpaired) electrons. The molecule has 2 heteroatoms. The Kier molecular flexibility index (Phi) is 5.19. The van der Waals surface area contributed by atoms with Crippen LogP contribution < -0.4 is 0 Å². The third-order valence-corrected chi connectivity index (χ3v) is 2.76. The van der Waals surface area contributed by atoms with Crippen LogP contribution in [0.3, 0.4) is 0 Å². The van der Waals surface area contributed by atoms with E-state index in [4.69, 9.17) is 5.11 Å². The van der Waals surface area contributed by atoms with Crippen LogP contribution in [0.4, 0.5) is 0 Å². The average molecular weight is 176 g/mol. The largest absolute Gasteiger partial charge is 0.396 e.